The number of nitrogens with one attached hydrogen (secondary N) is 1. The number of rotatable bonds is 4. The number of amides is 1. The number of hydrogen-bond donors (Lipinski definition) is 1. The average molecular weight is 332 g/mol. The number of halogens is 1. The van der Waals surface area contributed by atoms with Crippen molar-refractivity contribution in [1.82, 2.24) is 0 Å². The Bertz CT molecular complexity index is 635. The summed E-state index contributed by atoms with van der Waals surface area (Å²) in [5.41, 5.74) is 2.90. The molecule has 4 heteroatoms. The lowest BCUT2D eigenvalue weighted by Crippen LogP contribution is -2.12. The molecule has 0 aliphatic carbocycles. The van der Waals surface area contributed by atoms with Gasteiger partial charge >= 0.3 is 0 Å². The molecule has 2 aromatic rings. The van der Waals surface area contributed by atoms with Crippen LogP contribution in [0.2, 0.25) is 0 Å². The van der Waals surface area contributed by atoms with Crippen molar-refractivity contribution in [1.29, 1.82) is 0 Å². The SMILES string of the molecule is CC(=O)c1cccc(NC(=O)c2ccc(CBr)cc2)c1. The number of alkyl halides is 1. The van der Waals surface area contributed by atoms with Gasteiger partial charge in [0.05, 0.1) is 0 Å². The van der Waals surface area contributed by atoms with E-state index in [0.717, 1.165) is 10.9 Å². The van der Waals surface area contributed by atoms with Crippen molar-refractivity contribution in [2.75, 3.05) is 5.32 Å². The molecule has 1 amide bonds. The van der Waals surface area contributed by atoms with Crippen LogP contribution >= 0.6 is 15.9 Å². The number of carbonyl (C=O) groups excluding carboxylic acids is 2. The highest BCUT2D eigenvalue weighted by molar-refractivity contribution is 9.08. The zero-order valence-electron chi connectivity index (χ0n) is 11.0. The van der Waals surface area contributed by atoms with Crippen LogP contribution in [0.4, 0.5) is 5.69 Å². The monoisotopic (exact) mass is 331 g/mol. The van der Waals surface area contributed by atoms with Crippen LogP contribution in [-0.2, 0) is 5.33 Å². The predicted molar refractivity (Wildman–Crippen MR) is 83.5 cm³/mol. The lowest BCUT2D eigenvalue weighted by atomic mass is 10.1. The highest BCUT2D eigenvalue weighted by Gasteiger charge is 2.07. The van der Waals surface area contributed by atoms with E-state index in [1.807, 2.05) is 12.1 Å². The lowest BCUT2D eigenvalue weighted by molar-refractivity contribution is 0.101. The van der Waals surface area contributed by atoms with E-state index in [9.17, 15) is 9.59 Å². The number of benzene rings is 2. The summed E-state index contributed by atoms with van der Waals surface area (Å²) in [6.07, 6.45) is 0. The molecular formula is C16H14BrNO2. The first-order valence-corrected chi connectivity index (χ1v) is 7.29. The van der Waals surface area contributed by atoms with Crippen LogP contribution in [-0.4, -0.2) is 11.7 Å². The summed E-state index contributed by atoms with van der Waals surface area (Å²) in [6.45, 7) is 1.50. The van der Waals surface area contributed by atoms with Crippen molar-refractivity contribution in [3.8, 4) is 0 Å². The van der Waals surface area contributed by atoms with Crippen molar-refractivity contribution in [3.05, 3.63) is 65.2 Å². The molecule has 102 valence electrons. The van der Waals surface area contributed by atoms with Crippen molar-refractivity contribution >= 4 is 33.3 Å². The third-order valence-corrected chi connectivity index (χ3v) is 3.54. The predicted octanol–water partition coefficient (Wildman–Crippen LogP) is 4.04. The number of ketones is 1. The Balaban J connectivity index is 2.14. The van der Waals surface area contributed by atoms with Crippen molar-refractivity contribution in [3.63, 3.8) is 0 Å². The lowest BCUT2D eigenvalue weighted by Gasteiger charge is -2.07. The smallest absolute Gasteiger partial charge is 0.255 e. The molecule has 0 unspecified atom stereocenters. The second kappa shape index (κ2) is 6.48. The Morgan fingerprint density at radius 3 is 2.35 bits per heavy atom. The van der Waals surface area contributed by atoms with Crippen molar-refractivity contribution in [2.24, 2.45) is 0 Å². The van der Waals surface area contributed by atoms with E-state index >= 15 is 0 Å². The third-order valence-electron chi connectivity index (χ3n) is 2.90. The van der Waals surface area contributed by atoms with Gasteiger partial charge in [-0.3, -0.25) is 9.59 Å². The maximum absolute atomic E-state index is 12.1. The molecule has 0 bridgehead atoms. The molecule has 0 radical (unpaired) electrons. The fourth-order valence-electron chi connectivity index (χ4n) is 1.76. The fraction of sp³-hybridized carbons (Fsp3) is 0.125. The molecule has 1 N–H and O–H groups in total. The van der Waals surface area contributed by atoms with E-state index in [2.05, 4.69) is 21.2 Å². The number of hydrogen-bond acceptors (Lipinski definition) is 2. The Morgan fingerprint density at radius 2 is 1.75 bits per heavy atom. The summed E-state index contributed by atoms with van der Waals surface area (Å²) in [5, 5.41) is 3.55. The standard InChI is InChI=1S/C16H14BrNO2/c1-11(19)14-3-2-4-15(9-14)18-16(20)13-7-5-12(10-17)6-8-13/h2-9H,10H2,1H3,(H,18,20). The quantitative estimate of drug-likeness (QED) is 0.678. The third kappa shape index (κ3) is 3.54. The van der Waals surface area contributed by atoms with Gasteiger partial charge in [0.1, 0.15) is 0 Å². The molecule has 2 aromatic carbocycles. The van der Waals surface area contributed by atoms with Crippen LogP contribution in [0.25, 0.3) is 0 Å². The Kier molecular flexibility index (Phi) is 4.69. The van der Waals surface area contributed by atoms with Crippen LogP contribution in [0, 0.1) is 0 Å². The number of anilines is 1. The topological polar surface area (TPSA) is 46.2 Å². The molecule has 3 nitrogen and oxygen atoms in total. The summed E-state index contributed by atoms with van der Waals surface area (Å²) in [7, 11) is 0. The molecule has 0 saturated heterocycles. The number of carbonyl (C=O) groups is 2. The first-order chi connectivity index (χ1) is 9.60. The summed E-state index contributed by atoms with van der Waals surface area (Å²) in [4.78, 5) is 23.4. The molecule has 2 rings (SSSR count). The largest absolute Gasteiger partial charge is 0.322 e. The Labute approximate surface area is 126 Å². The molecule has 0 atom stereocenters. The Morgan fingerprint density at radius 1 is 1.05 bits per heavy atom. The molecule has 0 aliphatic heterocycles. The molecule has 0 aliphatic rings. The summed E-state index contributed by atoms with van der Waals surface area (Å²) in [5.74, 6) is -0.213. The van der Waals surface area contributed by atoms with E-state index in [-0.39, 0.29) is 11.7 Å². The van der Waals surface area contributed by atoms with Crippen molar-refractivity contribution < 1.29 is 9.59 Å². The van der Waals surface area contributed by atoms with Gasteiger partial charge in [-0.05, 0) is 36.8 Å². The highest BCUT2D eigenvalue weighted by Crippen LogP contribution is 2.14. The second-order valence-corrected chi connectivity index (χ2v) is 4.98. The van der Waals surface area contributed by atoms with Crippen molar-refractivity contribution in [2.45, 2.75) is 12.3 Å². The molecular weight excluding hydrogens is 318 g/mol. The van der Waals surface area contributed by atoms with Gasteiger partial charge in [-0.15, -0.1) is 0 Å². The summed E-state index contributed by atoms with van der Waals surface area (Å²) < 4.78 is 0. The minimum absolute atomic E-state index is 0.0252. The van der Waals surface area contributed by atoms with Crippen LogP contribution < -0.4 is 5.32 Å². The minimum Gasteiger partial charge on any atom is -0.322 e. The van der Waals surface area contributed by atoms with Crippen LogP contribution in [0.1, 0.15) is 33.2 Å². The first kappa shape index (κ1) is 14.5. The van der Waals surface area contributed by atoms with Gasteiger partial charge in [0, 0.05) is 22.1 Å². The van der Waals surface area contributed by atoms with E-state index in [1.165, 1.54) is 6.92 Å². The van der Waals surface area contributed by atoms with Gasteiger partial charge in [0.25, 0.3) is 5.91 Å². The van der Waals surface area contributed by atoms with Gasteiger partial charge in [-0.25, -0.2) is 0 Å². The highest BCUT2D eigenvalue weighted by atomic mass is 79.9. The second-order valence-electron chi connectivity index (χ2n) is 4.42. The molecule has 0 saturated carbocycles. The summed E-state index contributed by atoms with van der Waals surface area (Å²) >= 11 is 3.36. The van der Waals surface area contributed by atoms with E-state index in [4.69, 9.17) is 0 Å². The van der Waals surface area contributed by atoms with Gasteiger partial charge < -0.3 is 5.32 Å². The van der Waals surface area contributed by atoms with Crippen LogP contribution in [0.3, 0.4) is 0 Å². The zero-order chi connectivity index (χ0) is 14.5. The van der Waals surface area contributed by atoms with E-state index in [0.29, 0.717) is 16.8 Å². The van der Waals surface area contributed by atoms with Gasteiger partial charge in [-0.2, -0.15) is 0 Å². The Hall–Kier alpha value is -1.94. The van der Waals surface area contributed by atoms with Gasteiger partial charge in [0.2, 0.25) is 0 Å². The zero-order valence-corrected chi connectivity index (χ0v) is 12.6. The van der Waals surface area contributed by atoms with Crippen LogP contribution in [0.5, 0.6) is 0 Å². The summed E-state index contributed by atoms with van der Waals surface area (Å²) in [6, 6.07) is 14.3. The van der Waals surface area contributed by atoms with E-state index in [1.54, 1.807) is 36.4 Å². The van der Waals surface area contributed by atoms with Gasteiger partial charge in [0.15, 0.2) is 5.78 Å². The minimum atomic E-state index is -0.188. The van der Waals surface area contributed by atoms with Crippen LogP contribution in [0.15, 0.2) is 48.5 Å². The maximum atomic E-state index is 12.1. The number of Topliss-reactive ketones (excluding diaryl/α,β-unsaturated/α-hetero) is 1. The first-order valence-electron chi connectivity index (χ1n) is 6.17. The van der Waals surface area contributed by atoms with Gasteiger partial charge in [-0.1, -0.05) is 40.2 Å². The molecule has 0 spiro atoms. The molecule has 0 aromatic heterocycles. The molecule has 0 fully saturated rings. The fourth-order valence-corrected chi connectivity index (χ4v) is 2.14. The molecule has 0 heterocycles. The normalized spacial score (nSPS) is 10.1. The maximum Gasteiger partial charge on any atom is 0.255 e. The average Bonchev–Trinajstić information content (AvgIpc) is 2.47. The van der Waals surface area contributed by atoms with E-state index < -0.39 is 0 Å². The molecule has 20 heavy (non-hydrogen) atoms.